The Hall–Kier alpha value is -10.8. The monoisotopic (exact) mass is 1760 g/mol. The van der Waals surface area contributed by atoms with Gasteiger partial charge in [-0.1, -0.05) is 89.5 Å². The second-order valence-corrected chi connectivity index (χ2v) is 34.8. The zero-order chi connectivity index (χ0) is 92.8. The number of aromatic amines is 4. The minimum absolute atomic E-state index is 0.0125. The van der Waals surface area contributed by atoms with Crippen molar-refractivity contribution in [2.45, 2.75) is 309 Å². The van der Waals surface area contributed by atoms with Gasteiger partial charge in [0.25, 0.3) is 0 Å². The highest BCUT2D eigenvalue weighted by atomic mass is 16.2. The Labute approximate surface area is 733 Å². The molecule has 29 N–H and O–H groups in total. The normalized spacial score (nSPS) is 14.9. The first-order chi connectivity index (χ1) is 59.3. The number of amides is 14. The van der Waals surface area contributed by atoms with E-state index in [1.54, 1.807) is 13.8 Å². The Morgan fingerprint density at radius 2 is 0.432 bits per heavy atom. The molecule has 0 unspecified atom stereocenters. The Balaban J connectivity index is 1.64. The molecule has 700 valence electrons. The maximum Gasteiger partial charge on any atom is 0.243 e. The van der Waals surface area contributed by atoms with Crippen molar-refractivity contribution in [2.75, 3.05) is 26.2 Å². The summed E-state index contributed by atoms with van der Waals surface area (Å²) in [5.74, 6) is -11.9. The highest BCUT2D eigenvalue weighted by molar-refractivity contribution is 6.00. The third-order valence-corrected chi connectivity index (χ3v) is 20.6. The quantitative estimate of drug-likeness (QED) is 0.0230. The van der Waals surface area contributed by atoms with Crippen LogP contribution in [-0.4, -0.2) is 233 Å². The molecule has 0 aromatic carbocycles. The van der Waals surface area contributed by atoms with Gasteiger partial charge in [-0.2, -0.15) is 0 Å². The largest absolute Gasteiger partial charge is 0.368 e. The number of nitrogens with zero attached hydrogens (tertiary/aromatic N) is 4. The van der Waals surface area contributed by atoms with Gasteiger partial charge in [-0.3, -0.25) is 67.1 Å². The van der Waals surface area contributed by atoms with Gasteiger partial charge in [-0.15, -0.1) is 0 Å². The molecule has 41 nitrogen and oxygen atoms in total. The fourth-order valence-corrected chi connectivity index (χ4v) is 14.0. The summed E-state index contributed by atoms with van der Waals surface area (Å²) in [5, 5.41) is 36.3. The summed E-state index contributed by atoms with van der Waals surface area (Å²) in [6.45, 7) is 23.1. The molecule has 4 rings (SSSR count). The molecule has 0 aliphatic heterocycles. The maximum atomic E-state index is 15.1. The number of imidazole rings is 4. The maximum absolute atomic E-state index is 15.1. The smallest absolute Gasteiger partial charge is 0.243 e. The van der Waals surface area contributed by atoms with E-state index in [1.807, 2.05) is 69.2 Å². The first-order valence-corrected chi connectivity index (χ1v) is 44.0. The van der Waals surface area contributed by atoms with Crippen molar-refractivity contribution in [3.8, 4) is 0 Å². The fourth-order valence-electron chi connectivity index (χ4n) is 14.0. The number of nitrogens with two attached hydrogens (primary N) is 6. The fraction of sp³-hybridized carbons (Fsp3) is 0.690. The lowest BCUT2D eigenvalue weighted by atomic mass is 9.98. The first-order valence-electron chi connectivity index (χ1n) is 44.0. The molecule has 0 spiro atoms. The van der Waals surface area contributed by atoms with Gasteiger partial charge in [-0.25, -0.2) is 19.9 Å². The average Bonchev–Trinajstić information content (AvgIpc) is 1.64. The standard InChI is InChI=1S/C84H145N27O14/c1-47(2)29-62(103-72(113)57(89)21-13-17-25-85)76(117)100-58(22-14-18-26-86)73(114)99-59(23-15-19-27-87)74(115)104-65(32-50(7)8)79(120)105-63(30-48(3)4)77(118)101-60(24-16-20-28-88)75(116)109-68(36-54-40-92-44-96-54)82(123)108-67(34-52(11)12)81(122)110-70(38-56-42-94-46-98-56)84(125)111-69(37-55-41-93-45-97-55)83(124)107-66(33-51(9)10)80(121)106-64(31-49(5)6)78(119)102-61(71(90)112)35-53-39-91-43-95-53/h39-52,57-70H,13-38,85-89H2,1-12H3,(H2,90,112)(H,91,95)(H,92,96)(H,93,97)(H,94,98)(H,99,114)(H,100,117)(H,101,118)(H,102,119)(H,103,113)(H,104,115)(H,105,120)(H,106,121)(H,107,124)(H,108,123)(H,109,116)(H,110,122)(H,111,125)/t57-,58-,59-,60-,61-,62-,63-,64-,65-,66-,67-,68-,69-,70-/m0/s1. The van der Waals surface area contributed by atoms with Crippen LogP contribution in [0.2, 0.25) is 0 Å². The van der Waals surface area contributed by atoms with Crippen LogP contribution in [0.5, 0.6) is 0 Å². The summed E-state index contributed by atoms with van der Waals surface area (Å²) >= 11 is 0. The summed E-state index contributed by atoms with van der Waals surface area (Å²) in [7, 11) is 0. The molecular formula is C84H145N27O14. The summed E-state index contributed by atoms with van der Waals surface area (Å²) in [5.41, 5.74) is 36.9. The number of primary amides is 1. The highest BCUT2D eigenvalue weighted by Crippen LogP contribution is 2.18. The predicted molar refractivity (Wildman–Crippen MR) is 470 cm³/mol. The third kappa shape index (κ3) is 40.8. The van der Waals surface area contributed by atoms with Gasteiger partial charge in [0, 0.05) is 73.2 Å². The van der Waals surface area contributed by atoms with Gasteiger partial charge >= 0.3 is 0 Å². The van der Waals surface area contributed by atoms with E-state index in [4.69, 9.17) is 34.4 Å². The third-order valence-electron chi connectivity index (χ3n) is 20.6. The van der Waals surface area contributed by atoms with E-state index in [-0.39, 0.29) is 132 Å². The lowest BCUT2D eigenvalue weighted by Gasteiger charge is -2.29. The Morgan fingerprint density at radius 1 is 0.256 bits per heavy atom. The number of carbonyl (C=O) groups is 14. The summed E-state index contributed by atoms with van der Waals surface area (Å²) in [4.78, 5) is 230. The molecule has 0 bridgehead atoms. The lowest BCUT2D eigenvalue weighted by molar-refractivity contribution is -0.136. The molecule has 0 radical (unpaired) electrons. The predicted octanol–water partition coefficient (Wildman–Crippen LogP) is -1.24. The van der Waals surface area contributed by atoms with Crippen molar-refractivity contribution in [1.29, 1.82) is 0 Å². The number of unbranched alkanes of at least 4 members (excludes halogenated alkanes) is 4. The van der Waals surface area contributed by atoms with Gasteiger partial charge in [-0.05, 0) is 171 Å². The minimum atomic E-state index is -1.50. The summed E-state index contributed by atoms with van der Waals surface area (Å²) in [6.07, 6.45) is 15.3. The van der Waals surface area contributed by atoms with E-state index < -0.39 is 167 Å². The number of carbonyl (C=O) groups excluding carboxylic acids is 14. The first kappa shape index (κ1) is 107. The van der Waals surface area contributed by atoms with Crippen molar-refractivity contribution >= 4 is 82.7 Å². The molecule has 125 heavy (non-hydrogen) atoms. The van der Waals surface area contributed by atoms with Gasteiger partial charge in [0.05, 0.1) is 31.4 Å². The SMILES string of the molecule is CC(C)C[C@H](NC(=O)[C@H](CC(C)C)NC(=O)[C@H](Cc1cnc[nH]1)NC(=O)[C@H](Cc1cnc[nH]1)NC(=O)[C@H](CC(C)C)NC(=O)[C@H](Cc1cnc[nH]1)NC(=O)[C@H](CCCCN)NC(=O)[C@H](CC(C)C)NC(=O)[C@H](CC(C)C)NC(=O)[C@H](CCCCN)NC(=O)[C@H](CCCCN)NC(=O)[C@H](CC(C)C)NC(=O)[C@@H](N)CCCCN)C(=O)N[C@@H](Cc1cnc[nH]1)C(N)=O. The number of hydrogen-bond acceptors (Lipinski definition) is 23. The van der Waals surface area contributed by atoms with E-state index in [2.05, 4.69) is 109 Å². The van der Waals surface area contributed by atoms with Crippen molar-refractivity contribution in [1.82, 2.24) is 109 Å². The van der Waals surface area contributed by atoms with Crippen molar-refractivity contribution in [3.05, 3.63) is 72.9 Å². The van der Waals surface area contributed by atoms with Gasteiger partial charge in [0.15, 0.2) is 0 Å². The van der Waals surface area contributed by atoms with Crippen LogP contribution in [0.4, 0.5) is 0 Å². The lowest BCUT2D eigenvalue weighted by Crippen LogP contribution is -2.61. The van der Waals surface area contributed by atoms with Crippen molar-refractivity contribution in [2.24, 2.45) is 69.9 Å². The Bertz CT molecular complexity index is 3920. The summed E-state index contributed by atoms with van der Waals surface area (Å²) < 4.78 is 0. The van der Waals surface area contributed by atoms with E-state index >= 15 is 19.2 Å². The molecule has 14 atom stereocenters. The molecule has 0 fully saturated rings. The molecule has 0 saturated carbocycles. The topological polar surface area (TPSA) is 666 Å². The number of hydrogen-bond donors (Lipinski definition) is 23. The van der Waals surface area contributed by atoms with Crippen molar-refractivity contribution in [3.63, 3.8) is 0 Å². The Kier molecular flexibility index (Phi) is 48.6. The van der Waals surface area contributed by atoms with Crippen LogP contribution in [0.25, 0.3) is 0 Å². The van der Waals surface area contributed by atoms with Gasteiger partial charge in [0.1, 0.15) is 78.5 Å². The second kappa shape index (κ2) is 57.0. The number of nitrogens with one attached hydrogen (secondary N) is 17. The zero-order valence-corrected chi connectivity index (χ0v) is 75.0. The van der Waals surface area contributed by atoms with E-state index in [1.165, 1.54) is 50.1 Å². The van der Waals surface area contributed by atoms with Gasteiger partial charge < -0.3 is 123 Å². The molecule has 0 aliphatic rings. The minimum Gasteiger partial charge on any atom is -0.368 e. The zero-order valence-electron chi connectivity index (χ0n) is 75.0. The molecule has 4 aromatic rings. The second-order valence-electron chi connectivity index (χ2n) is 34.8. The molecule has 0 saturated heterocycles. The van der Waals surface area contributed by atoms with Crippen LogP contribution in [0.15, 0.2) is 50.1 Å². The van der Waals surface area contributed by atoms with E-state index in [0.717, 1.165) is 0 Å². The van der Waals surface area contributed by atoms with Crippen LogP contribution in [0, 0.1) is 35.5 Å². The molecule has 4 aromatic heterocycles. The average molecular weight is 1760 g/mol. The van der Waals surface area contributed by atoms with Crippen LogP contribution >= 0.6 is 0 Å². The molecule has 14 amide bonds. The van der Waals surface area contributed by atoms with Crippen LogP contribution in [-0.2, 0) is 92.8 Å². The summed E-state index contributed by atoms with van der Waals surface area (Å²) in [6, 6.07) is -18.0. The van der Waals surface area contributed by atoms with Crippen LogP contribution in [0.3, 0.4) is 0 Å². The van der Waals surface area contributed by atoms with Crippen molar-refractivity contribution < 1.29 is 67.1 Å². The van der Waals surface area contributed by atoms with E-state index in [9.17, 15) is 47.9 Å². The Morgan fingerprint density at radius 3 is 0.632 bits per heavy atom. The van der Waals surface area contributed by atoms with Crippen LogP contribution in [0.1, 0.15) is 221 Å². The van der Waals surface area contributed by atoms with Crippen LogP contribution < -0.4 is 104 Å². The van der Waals surface area contributed by atoms with E-state index in [0.29, 0.717) is 93.7 Å². The highest BCUT2D eigenvalue weighted by Gasteiger charge is 2.40. The number of rotatable bonds is 63. The molecule has 4 heterocycles. The van der Waals surface area contributed by atoms with Gasteiger partial charge in [0.2, 0.25) is 82.7 Å². The number of aromatic nitrogens is 8. The molecule has 41 heteroatoms. The number of H-pyrrole nitrogens is 4. The molecule has 0 aliphatic carbocycles. The molecular weight excluding hydrogens is 1610 g/mol.